The smallest absolute Gasteiger partial charge is 0.243 e. The number of hydrogen-bond donors (Lipinski definition) is 3. The molecule has 0 atom stereocenters. The molecule has 0 bridgehead atoms. The van der Waals surface area contributed by atoms with E-state index in [1.807, 2.05) is 49.3 Å². The molecular weight excluding hydrogens is 436 g/mol. The molecule has 0 spiro atoms. The zero-order valence-corrected chi connectivity index (χ0v) is 20.5. The molecule has 3 N–H and O–H groups in total. The summed E-state index contributed by atoms with van der Waals surface area (Å²) in [6, 6.07) is 8.14. The van der Waals surface area contributed by atoms with Crippen molar-refractivity contribution in [3.8, 4) is 0 Å². The highest BCUT2D eigenvalue weighted by Gasteiger charge is 2.25. The molecule has 0 aliphatic carbocycles. The highest BCUT2D eigenvalue weighted by atomic mass is 32.1. The molecule has 1 aliphatic rings. The van der Waals surface area contributed by atoms with Crippen molar-refractivity contribution in [2.75, 3.05) is 38.0 Å². The molecule has 3 rings (SSSR count). The number of carbonyl (C=O) groups is 3. The van der Waals surface area contributed by atoms with Crippen LogP contribution in [-0.2, 0) is 20.8 Å². The molecule has 1 saturated heterocycles. The lowest BCUT2D eigenvalue weighted by Gasteiger charge is -2.30. The van der Waals surface area contributed by atoms with Gasteiger partial charge in [0.15, 0.2) is 0 Å². The van der Waals surface area contributed by atoms with Crippen LogP contribution in [0.1, 0.15) is 34.4 Å². The van der Waals surface area contributed by atoms with Crippen LogP contribution in [0.4, 0.5) is 5.69 Å². The predicted octanol–water partition coefficient (Wildman–Crippen LogP) is 2.80. The quantitative estimate of drug-likeness (QED) is 0.526. The molecule has 33 heavy (non-hydrogen) atoms. The highest BCUT2D eigenvalue weighted by molar-refractivity contribution is 7.09. The van der Waals surface area contributed by atoms with Crippen LogP contribution < -0.4 is 16.0 Å². The first-order valence-corrected chi connectivity index (χ1v) is 12.4. The Morgan fingerprint density at radius 1 is 1.03 bits per heavy atom. The second kappa shape index (κ2) is 12.0. The number of amides is 3. The summed E-state index contributed by atoms with van der Waals surface area (Å²) in [7, 11) is 0. The third-order valence-corrected chi connectivity index (χ3v) is 6.90. The van der Waals surface area contributed by atoms with Gasteiger partial charge in [-0.1, -0.05) is 23.8 Å². The number of anilines is 1. The Kier molecular flexibility index (Phi) is 9.03. The van der Waals surface area contributed by atoms with Gasteiger partial charge >= 0.3 is 0 Å². The fourth-order valence-corrected chi connectivity index (χ4v) is 4.97. The van der Waals surface area contributed by atoms with Gasteiger partial charge in [0.2, 0.25) is 17.7 Å². The average molecular weight is 471 g/mol. The van der Waals surface area contributed by atoms with Crippen LogP contribution in [0.2, 0.25) is 0 Å². The van der Waals surface area contributed by atoms with Crippen LogP contribution in [0.25, 0.3) is 0 Å². The molecule has 7 nitrogen and oxygen atoms in total. The molecule has 1 aromatic carbocycles. The number of piperidine rings is 1. The van der Waals surface area contributed by atoms with Crippen molar-refractivity contribution in [3.63, 3.8) is 0 Å². The van der Waals surface area contributed by atoms with Gasteiger partial charge in [0, 0.05) is 23.0 Å². The molecule has 1 fully saturated rings. The van der Waals surface area contributed by atoms with Crippen molar-refractivity contribution in [2.45, 2.75) is 40.0 Å². The van der Waals surface area contributed by atoms with Gasteiger partial charge in [0.25, 0.3) is 0 Å². The molecule has 0 unspecified atom stereocenters. The summed E-state index contributed by atoms with van der Waals surface area (Å²) >= 11 is 1.70. The molecule has 2 aromatic rings. The van der Waals surface area contributed by atoms with E-state index in [1.54, 1.807) is 11.3 Å². The minimum atomic E-state index is -0.240. The fraction of sp³-hybridized carbons (Fsp3) is 0.480. The van der Waals surface area contributed by atoms with E-state index in [0.29, 0.717) is 19.6 Å². The minimum absolute atomic E-state index is 0.000543. The van der Waals surface area contributed by atoms with Crippen LogP contribution in [0, 0.1) is 26.7 Å². The van der Waals surface area contributed by atoms with Crippen molar-refractivity contribution < 1.29 is 14.4 Å². The van der Waals surface area contributed by atoms with E-state index in [2.05, 4.69) is 22.0 Å². The molecule has 0 radical (unpaired) electrons. The van der Waals surface area contributed by atoms with Gasteiger partial charge < -0.3 is 16.0 Å². The predicted molar refractivity (Wildman–Crippen MR) is 132 cm³/mol. The lowest BCUT2D eigenvalue weighted by atomic mass is 9.96. The number of rotatable bonds is 9. The Labute approximate surface area is 199 Å². The first-order chi connectivity index (χ1) is 15.8. The first-order valence-electron chi connectivity index (χ1n) is 11.5. The topological polar surface area (TPSA) is 90.5 Å². The summed E-state index contributed by atoms with van der Waals surface area (Å²) in [5.41, 5.74) is 3.96. The minimum Gasteiger partial charge on any atom is -0.355 e. The Morgan fingerprint density at radius 2 is 1.73 bits per heavy atom. The van der Waals surface area contributed by atoms with Crippen molar-refractivity contribution in [2.24, 2.45) is 5.92 Å². The van der Waals surface area contributed by atoms with E-state index in [9.17, 15) is 14.4 Å². The zero-order valence-electron chi connectivity index (χ0n) is 19.7. The summed E-state index contributed by atoms with van der Waals surface area (Å²) in [6.45, 7) is 8.18. The monoisotopic (exact) mass is 470 g/mol. The van der Waals surface area contributed by atoms with Gasteiger partial charge in [0.05, 0.1) is 13.1 Å². The van der Waals surface area contributed by atoms with E-state index in [1.165, 1.54) is 4.88 Å². The lowest BCUT2D eigenvalue weighted by molar-refractivity contribution is -0.127. The Bertz CT molecular complexity index is 943. The van der Waals surface area contributed by atoms with E-state index in [4.69, 9.17) is 0 Å². The Morgan fingerprint density at radius 3 is 2.36 bits per heavy atom. The van der Waals surface area contributed by atoms with E-state index >= 15 is 0 Å². The zero-order chi connectivity index (χ0) is 23.8. The molecule has 2 heterocycles. The second-order valence-corrected chi connectivity index (χ2v) is 9.80. The van der Waals surface area contributed by atoms with Gasteiger partial charge in [0.1, 0.15) is 0 Å². The van der Waals surface area contributed by atoms with Gasteiger partial charge in [-0.25, -0.2) is 0 Å². The number of thiophene rings is 1. The number of carbonyl (C=O) groups excluding carboxylic acids is 3. The van der Waals surface area contributed by atoms with Crippen LogP contribution in [0.3, 0.4) is 0 Å². The van der Waals surface area contributed by atoms with Crippen LogP contribution in [-0.4, -0.2) is 55.3 Å². The molecule has 1 aromatic heterocycles. The van der Waals surface area contributed by atoms with Gasteiger partial charge in [-0.05, 0) is 75.7 Å². The Balaban J connectivity index is 1.33. The van der Waals surface area contributed by atoms with Crippen molar-refractivity contribution in [1.29, 1.82) is 0 Å². The molecule has 0 saturated carbocycles. The summed E-state index contributed by atoms with van der Waals surface area (Å²) in [5.74, 6) is -0.314. The highest BCUT2D eigenvalue weighted by Crippen LogP contribution is 2.21. The average Bonchev–Trinajstić information content (AvgIpc) is 3.29. The van der Waals surface area contributed by atoms with E-state index in [-0.39, 0.29) is 36.7 Å². The maximum absolute atomic E-state index is 12.4. The number of nitrogens with zero attached hydrogens (tertiary/aromatic N) is 1. The van der Waals surface area contributed by atoms with Crippen LogP contribution in [0.15, 0.2) is 29.6 Å². The van der Waals surface area contributed by atoms with Crippen LogP contribution >= 0.6 is 11.3 Å². The van der Waals surface area contributed by atoms with Crippen LogP contribution in [0.5, 0.6) is 0 Å². The van der Waals surface area contributed by atoms with Gasteiger partial charge in [-0.3, -0.25) is 19.3 Å². The second-order valence-electron chi connectivity index (χ2n) is 8.77. The number of benzene rings is 1. The molecule has 1 aliphatic heterocycles. The fourth-order valence-electron chi connectivity index (χ4n) is 4.26. The largest absolute Gasteiger partial charge is 0.355 e. The van der Waals surface area contributed by atoms with Crippen molar-refractivity contribution >= 4 is 34.7 Å². The molecular formula is C25H34N4O3S. The Hall–Kier alpha value is -2.71. The molecule has 3 amide bonds. The summed E-state index contributed by atoms with van der Waals surface area (Å²) in [4.78, 5) is 40.3. The standard InChI is InChI=1S/C25H34N4O3S/c1-17-13-18(2)24(19(3)14-17)28-22(30)15-27-23(31)16-29-10-7-20(8-11-29)25(32)26-9-6-21-5-4-12-33-21/h4-5,12-14,20H,6-11,15-16H2,1-3H3,(H,26,32)(H,27,31)(H,28,30). The molecule has 8 heteroatoms. The van der Waals surface area contributed by atoms with Crippen molar-refractivity contribution in [3.05, 3.63) is 51.2 Å². The lowest BCUT2D eigenvalue weighted by Crippen LogP contribution is -2.45. The summed E-state index contributed by atoms with van der Waals surface area (Å²) < 4.78 is 0. The van der Waals surface area contributed by atoms with Crippen molar-refractivity contribution in [1.82, 2.24) is 15.5 Å². The normalized spacial score (nSPS) is 14.6. The number of nitrogens with one attached hydrogen (secondary N) is 3. The summed E-state index contributed by atoms with van der Waals surface area (Å²) in [6.07, 6.45) is 2.34. The number of hydrogen-bond acceptors (Lipinski definition) is 5. The van der Waals surface area contributed by atoms with Gasteiger partial charge in [-0.15, -0.1) is 11.3 Å². The molecule has 178 valence electrons. The summed E-state index contributed by atoms with van der Waals surface area (Å²) in [5, 5.41) is 10.7. The van der Waals surface area contributed by atoms with E-state index in [0.717, 1.165) is 41.6 Å². The SMILES string of the molecule is Cc1cc(C)c(NC(=O)CNC(=O)CN2CCC(C(=O)NCCc3cccs3)CC2)c(C)c1. The van der Waals surface area contributed by atoms with E-state index < -0.39 is 0 Å². The third kappa shape index (κ3) is 7.68. The van der Waals surface area contributed by atoms with Gasteiger partial charge in [-0.2, -0.15) is 0 Å². The number of aryl methyl sites for hydroxylation is 3. The maximum Gasteiger partial charge on any atom is 0.243 e. The first kappa shape index (κ1) is 24.9. The number of likely N-dealkylation sites (tertiary alicyclic amines) is 1. The third-order valence-electron chi connectivity index (χ3n) is 5.96. The maximum atomic E-state index is 12.4.